The summed E-state index contributed by atoms with van der Waals surface area (Å²) in [5.41, 5.74) is -0.375. The molecule has 0 radical (unpaired) electrons. The topological polar surface area (TPSA) is 68.5 Å². The van der Waals surface area contributed by atoms with Crippen molar-refractivity contribution in [3.05, 3.63) is 38.6 Å². The summed E-state index contributed by atoms with van der Waals surface area (Å²) >= 11 is 3.29. The fourth-order valence-corrected chi connectivity index (χ4v) is 2.25. The van der Waals surface area contributed by atoms with Crippen molar-refractivity contribution in [2.45, 2.75) is 6.92 Å². The van der Waals surface area contributed by atoms with Crippen LogP contribution in [0.2, 0.25) is 0 Å². The third-order valence-corrected chi connectivity index (χ3v) is 3.30. The van der Waals surface area contributed by atoms with Crippen LogP contribution in [-0.2, 0) is 11.8 Å². The van der Waals surface area contributed by atoms with E-state index in [0.717, 1.165) is 4.47 Å². The van der Waals surface area contributed by atoms with Crippen LogP contribution in [0.4, 0.5) is 0 Å². The molecule has 0 saturated heterocycles. The summed E-state index contributed by atoms with van der Waals surface area (Å²) in [6, 6.07) is 5.09. The molecule has 2 aromatic rings. The summed E-state index contributed by atoms with van der Waals surface area (Å²) in [5.74, 6) is -1.17. The summed E-state index contributed by atoms with van der Waals surface area (Å²) in [6.07, 6.45) is 0. The predicted molar refractivity (Wildman–Crippen MR) is 74.5 cm³/mol. The minimum Gasteiger partial charge on any atom is -0.506 e. The number of hydrogen-bond acceptors (Lipinski definition) is 4. The molecule has 19 heavy (non-hydrogen) atoms. The number of esters is 1. The van der Waals surface area contributed by atoms with Gasteiger partial charge in [0.05, 0.1) is 12.1 Å². The molecule has 1 aromatic carbocycles. The number of halogens is 1. The second kappa shape index (κ2) is 5.05. The summed E-state index contributed by atoms with van der Waals surface area (Å²) in [4.78, 5) is 23.9. The van der Waals surface area contributed by atoms with Gasteiger partial charge in [0.15, 0.2) is 5.56 Å². The first-order valence-electron chi connectivity index (χ1n) is 5.65. The predicted octanol–water partition coefficient (Wildman–Crippen LogP) is 2.18. The zero-order valence-corrected chi connectivity index (χ0v) is 12.0. The summed E-state index contributed by atoms with van der Waals surface area (Å²) in [6.45, 7) is 1.77. The van der Waals surface area contributed by atoms with E-state index in [4.69, 9.17) is 4.74 Å². The quantitative estimate of drug-likeness (QED) is 0.859. The van der Waals surface area contributed by atoms with E-state index in [1.807, 2.05) is 0 Å². The van der Waals surface area contributed by atoms with Crippen LogP contribution in [0.1, 0.15) is 17.3 Å². The minimum atomic E-state index is -0.817. The van der Waals surface area contributed by atoms with E-state index in [0.29, 0.717) is 10.9 Å². The van der Waals surface area contributed by atoms with Gasteiger partial charge in [-0.25, -0.2) is 4.79 Å². The van der Waals surface area contributed by atoms with Crippen molar-refractivity contribution in [1.82, 2.24) is 4.57 Å². The molecule has 0 aliphatic heterocycles. The number of rotatable bonds is 2. The average Bonchev–Trinajstić information content (AvgIpc) is 2.36. The Bertz CT molecular complexity index is 721. The van der Waals surface area contributed by atoms with E-state index in [1.165, 1.54) is 4.57 Å². The van der Waals surface area contributed by atoms with Crippen LogP contribution in [0.5, 0.6) is 5.75 Å². The zero-order chi connectivity index (χ0) is 14.2. The Morgan fingerprint density at radius 3 is 2.79 bits per heavy atom. The Morgan fingerprint density at radius 2 is 2.16 bits per heavy atom. The molecule has 0 aliphatic rings. The monoisotopic (exact) mass is 325 g/mol. The molecule has 6 heteroatoms. The summed E-state index contributed by atoms with van der Waals surface area (Å²) in [5, 5.41) is 10.6. The molecule has 0 atom stereocenters. The van der Waals surface area contributed by atoms with Gasteiger partial charge in [0, 0.05) is 16.9 Å². The molecule has 0 saturated carbocycles. The van der Waals surface area contributed by atoms with E-state index < -0.39 is 11.5 Å². The van der Waals surface area contributed by atoms with Crippen molar-refractivity contribution in [2.24, 2.45) is 7.05 Å². The van der Waals surface area contributed by atoms with Crippen molar-refractivity contribution in [3.8, 4) is 5.75 Å². The molecule has 0 aliphatic carbocycles. The van der Waals surface area contributed by atoms with Crippen molar-refractivity contribution < 1.29 is 14.6 Å². The first-order valence-corrected chi connectivity index (χ1v) is 6.45. The van der Waals surface area contributed by atoms with Crippen molar-refractivity contribution in [3.63, 3.8) is 0 Å². The van der Waals surface area contributed by atoms with E-state index in [9.17, 15) is 14.7 Å². The van der Waals surface area contributed by atoms with E-state index in [1.54, 1.807) is 32.2 Å². The number of fused-ring (bicyclic) bond motifs is 1. The van der Waals surface area contributed by atoms with Crippen LogP contribution >= 0.6 is 15.9 Å². The van der Waals surface area contributed by atoms with Gasteiger partial charge in [0.25, 0.3) is 5.56 Å². The summed E-state index contributed by atoms with van der Waals surface area (Å²) in [7, 11) is 1.54. The fraction of sp³-hybridized carbons (Fsp3) is 0.231. The maximum Gasteiger partial charge on any atom is 0.347 e. The Labute approximate surface area is 117 Å². The number of aromatic nitrogens is 1. The van der Waals surface area contributed by atoms with Gasteiger partial charge >= 0.3 is 5.97 Å². The molecular weight excluding hydrogens is 314 g/mol. The number of pyridine rings is 1. The van der Waals surface area contributed by atoms with Gasteiger partial charge < -0.3 is 14.4 Å². The molecule has 0 fully saturated rings. The molecular formula is C13H12BrNO4. The molecule has 2 rings (SSSR count). The lowest BCUT2D eigenvalue weighted by atomic mass is 10.1. The number of aryl methyl sites for hydroxylation is 1. The molecule has 100 valence electrons. The van der Waals surface area contributed by atoms with Crippen molar-refractivity contribution in [1.29, 1.82) is 0 Å². The maximum atomic E-state index is 12.1. The first-order chi connectivity index (χ1) is 8.97. The number of hydrogen-bond donors (Lipinski definition) is 1. The van der Waals surface area contributed by atoms with Crippen LogP contribution in [0.25, 0.3) is 10.9 Å². The first kappa shape index (κ1) is 13.6. The van der Waals surface area contributed by atoms with E-state index >= 15 is 0 Å². The van der Waals surface area contributed by atoms with Crippen LogP contribution in [-0.4, -0.2) is 22.2 Å². The van der Waals surface area contributed by atoms with E-state index in [-0.39, 0.29) is 17.9 Å². The number of aromatic hydroxyl groups is 1. The van der Waals surface area contributed by atoms with Gasteiger partial charge in [-0.2, -0.15) is 0 Å². The second-order valence-corrected chi connectivity index (χ2v) is 4.89. The molecule has 5 nitrogen and oxygen atoms in total. The van der Waals surface area contributed by atoms with Gasteiger partial charge in [0.2, 0.25) is 0 Å². The Kier molecular flexibility index (Phi) is 3.61. The number of carbonyl (C=O) groups excluding carboxylic acids is 1. The molecule has 0 unspecified atom stereocenters. The highest BCUT2D eigenvalue weighted by atomic mass is 79.9. The average molecular weight is 326 g/mol. The molecule has 0 spiro atoms. The third kappa shape index (κ3) is 2.23. The largest absolute Gasteiger partial charge is 0.506 e. The third-order valence-electron chi connectivity index (χ3n) is 2.81. The Hall–Kier alpha value is -1.82. The highest BCUT2D eigenvalue weighted by Gasteiger charge is 2.22. The SMILES string of the molecule is CCOC(=O)c1c(O)c2cc(Br)ccc2n(C)c1=O. The fourth-order valence-electron chi connectivity index (χ4n) is 1.89. The molecule has 0 bridgehead atoms. The zero-order valence-electron chi connectivity index (χ0n) is 10.4. The van der Waals surface area contributed by atoms with E-state index in [2.05, 4.69) is 15.9 Å². The number of benzene rings is 1. The second-order valence-electron chi connectivity index (χ2n) is 3.97. The Balaban J connectivity index is 2.86. The number of carbonyl (C=O) groups is 1. The number of nitrogens with zero attached hydrogens (tertiary/aromatic N) is 1. The Morgan fingerprint density at radius 1 is 1.47 bits per heavy atom. The van der Waals surface area contributed by atoms with Crippen LogP contribution < -0.4 is 5.56 Å². The van der Waals surface area contributed by atoms with Gasteiger partial charge in [-0.3, -0.25) is 4.79 Å². The van der Waals surface area contributed by atoms with Gasteiger partial charge in [-0.05, 0) is 25.1 Å². The van der Waals surface area contributed by atoms with Crippen molar-refractivity contribution in [2.75, 3.05) is 6.61 Å². The van der Waals surface area contributed by atoms with Gasteiger partial charge in [-0.1, -0.05) is 15.9 Å². The van der Waals surface area contributed by atoms with Crippen LogP contribution in [0, 0.1) is 0 Å². The van der Waals surface area contributed by atoms with Crippen molar-refractivity contribution >= 4 is 32.8 Å². The normalized spacial score (nSPS) is 10.7. The lowest BCUT2D eigenvalue weighted by Gasteiger charge is -2.11. The molecule has 1 heterocycles. The molecule has 0 amide bonds. The van der Waals surface area contributed by atoms with Crippen LogP contribution in [0.15, 0.2) is 27.5 Å². The standard InChI is InChI=1S/C13H12BrNO4/c1-3-19-13(18)10-11(16)8-6-7(14)4-5-9(8)15(2)12(10)17/h4-6,16H,3H2,1-2H3. The lowest BCUT2D eigenvalue weighted by molar-refractivity contribution is 0.0520. The highest BCUT2D eigenvalue weighted by Crippen LogP contribution is 2.28. The number of ether oxygens (including phenoxy) is 1. The van der Waals surface area contributed by atoms with Crippen LogP contribution in [0.3, 0.4) is 0 Å². The maximum absolute atomic E-state index is 12.1. The lowest BCUT2D eigenvalue weighted by Crippen LogP contribution is -2.26. The summed E-state index contributed by atoms with van der Waals surface area (Å²) < 4.78 is 6.85. The smallest absolute Gasteiger partial charge is 0.347 e. The highest BCUT2D eigenvalue weighted by molar-refractivity contribution is 9.10. The van der Waals surface area contributed by atoms with Gasteiger partial charge in [-0.15, -0.1) is 0 Å². The minimum absolute atomic E-state index is 0.137. The van der Waals surface area contributed by atoms with Gasteiger partial charge in [0.1, 0.15) is 5.75 Å². The molecule has 1 aromatic heterocycles. The molecule has 1 N–H and O–H groups in total.